The van der Waals surface area contributed by atoms with Crippen LogP contribution in [0.3, 0.4) is 0 Å². The zero-order valence-electron chi connectivity index (χ0n) is 14.2. The van der Waals surface area contributed by atoms with Gasteiger partial charge in [0.25, 0.3) is 5.56 Å². The minimum Gasteiger partial charge on any atom is -0.464 e. The maximum atomic E-state index is 12.2. The molecule has 0 radical (unpaired) electrons. The lowest BCUT2D eigenvalue weighted by Crippen LogP contribution is -2.41. The van der Waals surface area contributed by atoms with Crippen molar-refractivity contribution >= 4 is 5.82 Å². The van der Waals surface area contributed by atoms with Crippen LogP contribution in [0.25, 0.3) is 0 Å². The fraction of sp³-hybridized carbons (Fsp3) is 0.471. The molecule has 7 heteroatoms. The van der Waals surface area contributed by atoms with Gasteiger partial charge in [-0.1, -0.05) is 6.92 Å². The molecule has 0 amide bonds. The van der Waals surface area contributed by atoms with Crippen LogP contribution < -0.4 is 16.1 Å². The van der Waals surface area contributed by atoms with Crippen LogP contribution in [-0.4, -0.2) is 16.2 Å². The van der Waals surface area contributed by atoms with Crippen LogP contribution in [0.2, 0.25) is 0 Å². The minimum absolute atomic E-state index is 0.0512. The van der Waals surface area contributed by atoms with Crippen molar-refractivity contribution in [1.29, 1.82) is 5.26 Å². The van der Waals surface area contributed by atoms with Crippen LogP contribution in [0.4, 0.5) is 5.82 Å². The Hall–Kier alpha value is -2.75. The molecule has 2 atom stereocenters. The molecule has 1 aliphatic rings. The number of hydrogen-bond acceptors (Lipinski definition) is 5. The first-order valence-corrected chi connectivity index (χ1v) is 7.85. The molecule has 126 valence electrons. The van der Waals surface area contributed by atoms with Crippen LogP contribution >= 0.6 is 0 Å². The van der Waals surface area contributed by atoms with E-state index in [0.29, 0.717) is 24.2 Å². The van der Waals surface area contributed by atoms with Crippen molar-refractivity contribution in [2.75, 3.05) is 11.9 Å². The van der Waals surface area contributed by atoms with Crippen LogP contribution in [0.1, 0.15) is 36.3 Å². The van der Waals surface area contributed by atoms with Gasteiger partial charge in [0.05, 0.1) is 6.54 Å². The summed E-state index contributed by atoms with van der Waals surface area (Å²) in [6, 6.07) is 5.80. The molecule has 1 saturated carbocycles. The monoisotopic (exact) mass is 328 g/mol. The Morgan fingerprint density at radius 3 is 2.58 bits per heavy atom. The van der Waals surface area contributed by atoms with Gasteiger partial charge in [0.2, 0.25) is 0 Å². The van der Waals surface area contributed by atoms with E-state index in [1.807, 2.05) is 18.2 Å². The molecule has 1 aliphatic carbocycles. The average molecular weight is 328 g/mol. The molecule has 3 rings (SSSR count). The molecule has 1 fully saturated rings. The number of furan rings is 1. The van der Waals surface area contributed by atoms with E-state index in [4.69, 9.17) is 4.42 Å². The number of anilines is 1. The van der Waals surface area contributed by atoms with Gasteiger partial charge < -0.3 is 9.32 Å². The van der Waals surface area contributed by atoms with E-state index < -0.39 is 11.2 Å². The van der Waals surface area contributed by atoms with Crippen molar-refractivity contribution in [3.05, 3.63) is 50.1 Å². The van der Waals surface area contributed by atoms with Gasteiger partial charge in [-0.25, -0.2) is 4.79 Å². The molecule has 0 aromatic carbocycles. The standard InChI is InChI=1S/C17H20N4O3/c1-10-7-12(10)14-6-5-11(24-14)9-19(2)15-13(8-18)16(22)21(4)17(23)20(15)3/h5-6,10,12H,7,9H2,1-4H3. The molecule has 2 heterocycles. The summed E-state index contributed by atoms with van der Waals surface area (Å²) < 4.78 is 8.12. The Morgan fingerprint density at radius 1 is 1.33 bits per heavy atom. The zero-order chi connectivity index (χ0) is 17.6. The zero-order valence-corrected chi connectivity index (χ0v) is 14.2. The summed E-state index contributed by atoms with van der Waals surface area (Å²) in [6.45, 7) is 2.56. The van der Waals surface area contributed by atoms with Crippen molar-refractivity contribution in [2.45, 2.75) is 25.8 Å². The lowest BCUT2D eigenvalue weighted by molar-refractivity contribution is 0.459. The highest BCUT2D eigenvalue weighted by Crippen LogP contribution is 2.47. The highest BCUT2D eigenvalue weighted by molar-refractivity contribution is 5.53. The minimum atomic E-state index is -0.589. The third-order valence-electron chi connectivity index (χ3n) is 4.66. The van der Waals surface area contributed by atoms with E-state index in [9.17, 15) is 14.9 Å². The maximum Gasteiger partial charge on any atom is 0.332 e. The number of aromatic nitrogens is 2. The molecule has 24 heavy (non-hydrogen) atoms. The second-order valence-electron chi connectivity index (χ2n) is 6.50. The first-order valence-electron chi connectivity index (χ1n) is 7.85. The summed E-state index contributed by atoms with van der Waals surface area (Å²) >= 11 is 0. The first kappa shape index (κ1) is 16.1. The third kappa shape index (κ3) is 2.54. The maximum absolute atomic E-state index is 12.2. The van der Waals surface area contributed by atoms with E-state index >= 15 is 0 Å². The summed E-state index contributed by atoms with van der Waals surface area (Å²) in [6.07, 6.45) is 1.14. The van der Waals surface area contributed by atoms with Crippen molar-refractivity contribution in [2.24, 2.45) is 20.0 Å². The summed E-state index contributed by atoms with van der Waals surface area (Å²) in [4.78, 5) is 26.0. The summed E-state index contributed by atoms with van der Waals surface area (Å²) in [5.74, 6) is 3.16. The average Bonchev–Trinajstić information content (AvgIpc) is 3.10. The van der Waals surface area contributed by atoms with E-state index in [1.54, 1.807) is 19.0 Å². The Balaban J connectivity index is 1.94. The fourth-order valence-electron chi connectivity index (χ4n) is 3.08. The van der Waals surface area contributed by atoms with Gasteiger partial charge in [0.15, 0.2) is 5.56 Å². The van der Waals surface area contributed by atoms with Crippen LogP contribution in [0.5, 0.6) is 0 Å². The van der Waals surface area contributed by atoms with Crippen molar-refractivity contribution in [1.82, 2.24) is 9.13 Å². The Bertz CT molecular complexity index is 944. The van der Waals surface area contributed by atoms with E-state index in [-0.39, 0.29) is 5.56 Å². The highest BCUT2D eigenvalue weighted by Gasteiger charge is 2.36. The largest absolute Gasteiger partial charge is 0.464 e. The van der Waals surface area contributed by atoms with Gasteiger partial charge in [-0.2, -0.15) is 5.26 Å². The predicted octanol–water partition coefficient (Wildman–Crippen LogP) is 1.31. The molecular formula is C17H20N4O3. The van der Waals surface area contributed by atoms with Crippen molar-refractivity contribution in [3.8, 4) is 6.07 Å². The third-order valence-corrected chi connectivity index (χ3v) is 4.66. The molecule has 2 aromatic heterocycles. The topological polar surface area (TPSA) is 84.2 Å². The molecular weight excluding hydrogens is 308 g/mol. The number of rotatable bonds is 4. The quantitative estimate of drug-likeness (QED) is 0.845. The van der Waals surface area contributed by atoms with Crippen LogP contribution in [0.15, 0.2) is 26.1 Å². The highest BCUT2D eigenvalue weighted by atomic mass is 16.3. The first-order chi connectivity index (χ1) is 11.3. The summed E-state index contributed by atoms with van der Waals surface area (Å²) in [7, 11) is 4.65. The Labute approximate surface area is 139 Å². The molecule has 0 N–H and O–H groups in total. The van der Waals surface area contributed by atoms with Gasteiger partial charge in [-0.15, -0.1) is 0 Å². The van der Waals surface area contributed by atoms with E-state index in [0.717, 1.165) is 22.5 Å². The fourth-order valence-corrected chi connectivity index (χ4v) is 3.08. The molecule has 0 bridgehead atoms. The summed E-state index contributed by atoms with van der Waals surface area (Å²) in [5.41, 5.74) is -1.10. The second kappa shape index (κ2) is 5.71. The van der Waals surface area contributed by atoms with E-state index in [2.05, 4.69) is 6.92 Å². The number of nitrogens with zero attached hydrogens (tertiary/aromatic N) is 4. The predicted molar refractivity (Wildman–Crippen MR) is 89.0 cm³/mol. The van der Waals surface area contributed by atoms with Crippen molar-refractivity contribution in [3.63, 3.8) is 0 Å². The van der Waals surface area contributed by atoms with Crippen LogP contribution in [-0.2, 0) is 20.6 Å². The number of nitriles is 1. The normalized spacial score (nSPS) is 19.1. The molecule has 0 aliphatic heterocycles. The lowest BCUT2D eigenvalue weighted by atomic mass is 10.2. The number of hydrogen-bond donors (Lipinski definition) is 0. The Morgan fingerprint density at radius 2 is 2.00 bits per heavy atom. The Kier molecular flexibility index (Phi) is 3.84. The van der Waals surface area contributed by atoms with Gasteiger partial charge in [-0.3, -0.25) is 13.9 Å². The van der Waals surface area contributed by atoms with E-state index in [1.165, 1.54) is 11.6 Å². The van der Waals surface area contributed by atoms with Gasteiger partial charge in [0, 0.05) is 27.1 Å². The smallest absolute Gasteiger partial charge is 0.332 e. The van der Waals surface area contributed by atoms with Crippen LogP contribution in [0, 0.1) is 17.2 Å². The van der Waals surface area contributed by atoms with Gasteiger partial charge in [-0.05, 0) is 24.5 Å². The molecule has 0 spiro atoms. The molecule has 7 nitrogen and oxygen atoms in total. The molecule has 2 aromatic rings. The SMILES string of the molecule is CC1CC1c1ccc(CN(C)c2c(C#N)c(=O)n(C)c(=O)n2C)o1. The summed E-state index contributed by atoms with van der Waals surface area (Å²) in [5, 5.41) is 9.34. The van der Waals surface area contributed by atoms with Gasteiger partial charge >= 0.3 is 5.69 Å². The molecule has 2 unspecified atom stereocenters. The van der Waals surface area contributed by atoms with Crippen molar-refractivity contribution < 1.29 is 4.42 Å². The lowest BCUT2D eigenvalue weighted by Gasteiger charge is -2.22. The van der Waals surface area contributed by atoms with Gasteiger partial charge in [0.1, 0.15) is 23.4 Å². The molecule has 0 saturated heterocycles. The second-order valence-corrected chi connectivity index (χ2v) is 6.50.